The van der Waals surface area contributed by atoms with Gasteiger partial charge < -0.3 is 25.3 Å². The number of phenols is 4. The molecule has 4 N–H and O–H groups in total. The van der Waals surface area contributed by atoms with Crippen molar-refractivity contribution in [3.63, 3.8) is 0 Å². The van der Waals surface area contributed by atoms with Gasteiger partial charge in [0.05, 0.1) is 0 Å². The van der Waals surface area contributed by atoms with Crippen molar-refractivity contribution < 1.29 is 20.4 Å². The van der Waals surface area contributed by atoms with E-state index < -0.39 is 0 Å². The first kappa shape index (κ1) is 16.5. The highest BCUT2D eigenvalue weighted by Crippen LogP contribution is 2.29. The van der Waals surface area contributed by atoms with E-state index in [1.807, 2.05) is 30.3 Å². The number of aromatic hydroxyl groups is 4. The molecule has 0 aliphatic carbocycles. The number of anilines is 1. The van der Waals surface area contributed by atoms with E-state index in [0.29, 0.717) is 13.1 Å². The largest absolute Gasteiger partial charge is 0.504 e. The van der Waals surface area contributed by atoms with Crippen molar-refractivity contribution in [2.45, 2.75) is 13.1 Å². The average molecular weight is 337 g/mol. The summed E-state index contributed by atoms with van der Waals surface area (Å²) in [6.07, 6.45) is 0. The predicted octanol–water partition coefficient (Wildman–Crippen LogP) is 3.72. The standard InChI is InChI=1S/C20H19NO4/c22-17-8-6-14(10-19(17)24)12-21(16-4-2-1-3-5-16)13-15-7-9-18(23)20(25)11-15/h1-11,22-25H,12-13H2. The van der Waals surface area contributed by atoms with Crippen LogP contribution in [0.3, 0.4) is 0 Å². The Balaban J connectivity index is 1.89. The molecule has 0 amide bonds. The predicted molar refractivity (Wildman–Crippen MR) is 95.9 cm³/mol. The molecule has 5 nitrogen and oxygen atoms in total. The van der Waals surface area contributed by atoms with Crippen molar-refractivity contribution in [2.24, 2.45) is 0 Å². The molecule has 0 fully saturated rings. The summed E-state index contributed by atoms with van der Waals surface area (Å²) in [4.78, 5) is 2.07. The van der Waals surface area contributed by atoms with E-state index in [1.54, 1.807) is 12.1 Å². The summed E-state index contributed by atoms with van der Waals surface area (Å²) in [5, 5.41) is 38.4. The van der Waals surface area contributed by atoms with Crippen molar-refractivity contribution in [3.05, 3.63) is 77.9 Å². The fraction of sp³-hybridized carbons (Fsp3) is 0.100. The highest BCUT2D eigenvalue weighted by Gasteiger charge is 2.11. The van der Waals surface area contributed by atoms with Gasteiger partial charge in [-0.2, -0.15) is 0 Å². The van der Waals surface area contributed by atoms with Crippen LogP contribution < -0.4 is 4.90 Å². The lowest BCUT2D eigenvalue weighted by Crippen LogP contribution is -2.22. The van der Waals surface area contributed by atoms with Crippen molar-refractivity contribution in [1.82, 2.24) is 0 Å². The number of benzene rings is 3. The molecule has 0 saturated heterocycles. The summed E-state index contributed by atoms with van der Waals surface area (Å²) in [5.41, 5.74) is 2.65. The minimum atomic E-state index is -0.159. The molecule has 0 spiro atoms. The first-order valence-electron chi connectivity index (χ1n) is 7.84. The highest BCUT2D eigenvalue weighted by molar-refractivity contribution is 5.50. The number of hydrogen-bond acceptors (Lipinski definition) is 5. The van der Waals surface area contributed by atoms with Gasteiger partial charge in [0.25, 0.3) is 0 Å². The lowest BCUT2D eigenvalue weighted by Gasteiger charge is -2.25. The number of hydrogen-bond donors (Lipinski definition) is 4. The van der Waals surface area contributed by atoms with E-state index in [4.69, 9.17) is 0 Å². The Labute approximate surface area is 145 Å². The normalized spacial score (nSPS) is 10.6. The van der Waals surface area contributed by atoms with Crippen LogP contribution in [-0.2, 0) is 13.1 Å². The van der Waals surface area contributed by atoms with Gasteiger partial charge in [-0.05, 0) is 47.5 Å². The number of rotatable bonds is 5. The molecule has 3 rings (SSSR count). The molecule has 0 atom stereocenters. The quantitative estimate of drug-likeness (QED) is 0.533. The highest BCUT2D eigenvalue weighted by atomic mass is 16.3. The average Bonchev–Trinajstić information content (AvgIpc) is 2.61. The lowest BCUT2D eigenvalue weighted by atomic mass is 10.1. The Hall–Kier alpha value is -3.34. The second-order valence-corrected chi connectivity index (χ2v) is 5.84. The number of para-hydroxylation sites is 1. The second kappa shape index (κ2) is 7.05. The molecule has 0 aliphatic rings. The van der Waals surface area contributed by atoms with E-state index in [1.165, 1.54) is 24.3 Å². The molecule has 0 aromatic heterocycles. The topological polar surface area (TPSA) is 84.2 Å². The minimum Gasteiger partial charge on any atom is -0.504 e. The van der Waals surface area contributed by atoms with Gasteiger partial charge in [0.1, 0.15) is 0 Å². The molecule has 5 heteroatoms. The van der Waals surface area contributed by atoms with Crippen LogP contribution in [0.4, 0.5) is 5.69 Å². The third-order valence-corrected chi connectivity index (χ3v) is 3.95. The van der Waals surface area contributed by atoms with Crippen LogP contribution >= 0.6 is 0 Å². The van der Waals surface area contributed by atoms with Crippen LogP contribution in [-0.4, -0.2) is 20.4 Å². The Kier molecular flexibility index (Phi) is 4.66. The minimum absolute atomic E-state index is 0.154. The molecule has 0 unspecified atom stereocenters. The van der Waals surface area contributed by atoms with Gasteiger partial charge in [-0.1, -0.05) is 30.3 Å². The zero-order valence-corrected chi connectivity index (χ0v) is 13.5. The van der Waals surface area contributed by atoms with Crippen molar-refractivity contribution in [3.8, 4) is 23.0 Å². The molecule has 3 aromatic carbocycles. The molecular weight excluding hydrogens is 318 g/mol. The molecule has 0 aliphatic heterocycles. The molecule has 25 heavy (non-hydrogen) atoms. The van der Waals surface area contributed by atoms with E-state index >= 15 is 0 Å². The summed E-state index contributed by atoms with van der Waals surface area (Å²) in [6.45, 7) is 0.999. The van der Waals surface area contributed by atoms with Crippen molar-refractivity contribution in [1.29, 1.82) is 0 Å². The van der Waals surface area contributed by atoms with Gasteiger partial charge in [-0.25, -0.2) is 0 Å². The molecule has 0 bridgehead atoms. The fourth-order valence-corrected chi connectivity index (χ4v) is 2.65. The summed E-state index contributed by atoms with van der Waals surface area (Å²) < 4.78 is 0. The van der Waals surface area contributed by atoms with Crippen LogP contribution in [0.25, 0.3) is 0 Å². The monoisotopic (exact) mass is 337 g/mol. The number of phenolic OH excluding ortho intramolecular Hbond substituents is 4. The van der Waals surface area contributed by atoms with Crippen LogP contribution in [0, 0.1) is 0 Å². The third-order valence-electron chi connectivity index (χ3n) is 3.95. The zero-order chi connectivity index (χ0) is 17.8. The molecule has 128 valence electrons. The molecule has 3 aromatic rings. The Morgan fingerprint density at radius 1 is 0.560 bits per heavy atom. The molecule has 0 saturated carbocycles. The molecule has 0 heterocycles. The Morgan fingerprint density at radius 2 is 1.04 bits per heavy atom. The summed E-state index contributed by atoms with van der Waals surface area (Å²) in [6, 6.07) is 19.2. The van der Waals surface area contributed by atoms with E-state index in [9.17, 15) is 20.4 Å². The summed E-state index contributed by atoms with van der Waals surface area (Å²) in [5.74, 6) is -0.627. The smallest absolute Gasteiger partial charge is 0.157 e. The van der Waals surface area contributed by atoms with Crippen LogP contribution in [0.15, 0.2) is 66.7 Å². The van der Waals surface area contributed by atoms with Gasteiger partial charge in [0, 0.05) is 18.8 Å². The maximum Gasteiger partial charge on any atom is 0.157 e. The SMILES string of the molecule is Oc1ccc(CN(Cc2ccc(O)c(O)c2)c2ccccc2)cc1O. The third kappa shape index (κ3) is 3.95. The number of nitrogens with zero attached hydrogens (tertiary/aromatic N) is 1. The lowest BCUT2D eigenvalue weighted by molar-refractivity contribution is 0.402. The maximum atomic E-state index is 9.71. The van der Waals surface area contributed by atoms with E-state index in [2.05, 4.69) is 4.90 Å². The summed E-state index contributed by atoms with van der Waals surface area (Å²) in [7, 11) is 0. The van der Waals surface area contributed by atoms with E-state index in [-0.39, 0.29) is 23.0 Å². The zero-order valence-electron chi connectivity index (χ0n) is 13.5. The van der Waals surface area contributed by atoms with Crippen LogP contribution in [0.2, 0.25) is 0 Å². The van der Waals surface area contributed by atoms with Crippen molar-refractivity contribution in [2.75, 3.05) is 4.90 Å². The van der Waals surface area contributed by atoms with Gasteiger partial charge in [-0.15, -0.1) is 0 Å². The van der Waals surface area contributed by atoms with Crippen LogP contribution in [0.5, 0.6) is 23.0 Å². The Bertz CT molecular complexity index is 811. The van der Waals surface area contributed by atoms with Gasteiger partial charge in [0.2, 0.25) is 0 Å². The van der Waals surface area contributed by atoms with Gasteiger partial charge in [-0.3, -0.25) is 0 Å². The fourth-order valence-electron chi connectivity index (χ4n) is 2.65. The van der Waals surface area contributed by atoms with Crippen molar-refractivity contribution >= 4 is 5.69 Å². The second-order valence-electron chi connectivity index (χ2n) is 5.84. The van der Waals surface area contributed by atoms with Gasteiger partial charge >= 0.3 is 0 Å². The maximum absolute atomic E-state index is 9.71. The van der Waals surface area contributed by atoms with E-state index in [0.717, 1.165) is 16.8 Å². The first-order chi connectivity index (χ1) is 12.0. The van der Waals surface area contributed by atoms with Crippen LogP contribution in [0.1, 0.15) is 11.1 Å². The van der Waals surface area contributed by atoms with Gasteiger partial charge in [0.15, 0.2) is 23.0 Å². The molecule has 0 radical (unpaired) electrons. The summed E-state index contributed by atoms with van der Waals surface area (Å²) >= 11 is 0. The first-order valence-corrected chi connectivity index (χ1v) is 7.84. The Morgan fingerprint density at radius 3 is 1.48 bits per heavy atom. The molecular formula is C20H19NO4.